The van der Waals surface area contributed by atoms with E-state index < -0.39 is 5.97 Å². The van der Waals surface area contributed by atoms with Gasteiger partial charge in [-0.05, 0) is 41.7 Å². The minimum absolute atomic E-state index is 0.00259. The zero-order valence-electron chi connectivity index (χ0n) is 18.4. The van der Waals surface area contributed by atoms with E-state index in [0.29, 0.717) is 49.1 Å². The largest absolute Gasteiger partial charge is 0.486 e. The molecule has 0 radical (unpaired) electrons. The van der Waals surface area contributed by atoms with E-state index in [2.05, 4.69) is 22.2 Å². The number of aromatic nitrogens is 2. The fourth-order valence-corrected chi connectivity index (χ4v) is 3.86. The molecule has 2 aromatic carbocycles. The van der Waals surface area contributed by atoms with Crippen molar-refractivity contribution in [3.05, 3.63) is 65.2 Å². The first kappa shape index (κ1) is 22.5. The summed E-state index contributed by atoms with van der Waals surface area (Å²) in [6.45, 7) is 3.42. The number of benzene rings is 2. The van der Waals surface area contributed by atoms with E-state index in [4.69, 9.17) is 14.6 Å². The minimum atomic E-state index is -0.844. The molecular formula is C25H26FN3O4. The van der Waals surface area contributed by atoms with Gasteiger partial charge in [-0.3, -0.25) is 4.79 Å². The van der Waals surface area contributed by atoms with Crippen LogP contribution in [-0.4, -0.2) is 40.8 Å². The number of aryl methyl sites for hydroxylation is 1. The summed E-state index contributed by atoms with van der Waals surface area (Å²) in [5.74, 6) is 0.464. The lowest BCUT2D eigenvalue weighted by atomic mass is 9.97. The molecule has 4 rings (SSSR count). The second-order valence-electron chi connectivity index (χ2n) is 7.86. The monoisotopic (exact) mass is 451 g/mol. The van der Waals surface area contributed by atoms with Gasteiger partial charge in [-0.25, -0.2) is 14.4 Å². The van der Waals surface area contributed by atoms with Crippen LogP contribution >= 0.6 is 0 Å². The highest BCUT2D eigenvalue weighted by molar-refractivity contribution is 5.72. The molecule has 3 aromatic rings. The molecular weight excluding hydrogens is 425 g/mol. The van der Waals surface area contributed by atoms with Gasteiger partial charge >= 0.3 is 5.97 Å². The molecule has 0 amide bonds. The second kappa shape index (κ2) is 10.3. The zero-order chi connectivity index (χ0) is 23.2. The van der Waals surface area contributed by atoms with Crippen molar-refractivity contribution in [2.75, 3.05) is 25.1 Å². The Morgan fingerprint density at radius 3 is 2.58 bits per heavy atom. The molecule has 172 valence electrons. The molecule has 1 aliphatic heterocycles. The van der Waals surface area contributed by atoms with Gasteiger partial charge in [0.15, 0.2) is 11.5 Å². The number of rotatable bonds is 9. The summed E-state index contributed by atoms with van der Waals surface area (Å²) in [7, 11) is 0. The van der Waals surface area contributed by atoms with Crippen LogP contribution in [0.4, 0.5) is 10.2 Å². The SMILES string of the molecule is CCCc1cc(-c2cc(NCCc3cc4c(cc3F)OCCO4)ncn2)ccc1CC(=O)O. The fraction of sp³-hybridized carbons (Fsp3) is 0.320. The number of carbonyl (C=O) groups is 1. The number of hydrogen-bond acceptors (Lipinski definition) is 6. The maximum Gasteiger partial charge on any atom is 0.307 e. The predicted octanol–water partition coefficient (Wildman–Crippen LogP) is 4.29. The van der Waals surface area contributed by atoms with Crippen molar-refractivity contribution in [3.63, 3.8) is 0 Å². The number of anilines is 1. The summed E-state index contributed by atoms with van der Waals surface area (Å²) in [6.07, 6.45) is 3.65. The van der Waals surface area contributed by atoms with Gasteiger partial charge in [-0.2, -0.15) is 0 Å². The second-order valence-corrected chi connectivity index (χ2v) is 7.86. The number of nitrogens with one attached hydrogen (secondary N) is 1. The van der Waals surface area contributed by atoms with Crippen molar-refractivity contribution < 1.29 is 23.8 Å². The highest BCUT2D eigenvalue weighted by Gasteiger charge is 2.16. The van der Waals surface area contributed by atoms with Gasteiger partial charge < -0.3 is 19.9 Å². The lowest BCUT2D eigenvalue weighted by Crippen LogP contribution is -2.16. The number of carboxylic acids is 1. The van der Waals surface area contributed by atoms with Crippen LogP contribution in [0.25, 0.3) is 11.3 Å². The van der Waals surface area contributed by atoms with E-state index in [-0.39, 0.29) is 12.2 Å². The number of hydrogen-bond donors (Lipinski definition) is 2. The molecule has 0 spiro atoms. The van der Waals surface area contributed by atoms with Crippen molar-refractivity contribution >= 4 is 11.8 Å². The molecule has 2 N–H and O–H groups in total. The van der Waals surface area contributed by atoms with Crippen LogP contribution in [-0.2, 0) is 24.1 Å². The average molecular weight is 451 g/mol. The van der Waals surface area contributed by atoms with Gasteiger partial charge in [0.1, 0.15) is 31.2 Å². The summed E-state index contributed by atoms with van der Waals surface area (Å²) in [5, 5.41) is 12.4. The van der Waals surface area contributed by atoms with Gasteiger partial charge in [0.25, 0.3) is 0 Å². The number of fused-ring (bicyclic) bond motifs is 1. The van der Waals surface area contributed by atoms with E-state index in [0.717, 1.165) is 35.2 Å². The summed E-state index contributed by atoms with van der Waals surface area (Å²) in [6, 6.07) is 10.6. The van der Waals surface area contributed by atoms with Crippen molar-refractivity contribution in [1.82, 2.24) is 9.97 Å². The maximum atomic E-state index is 14.4. The van der Waals surface area contributed by atoms with Gasteiger partial charge in [0.2, 0.25) is 0 Å². The van der Waals surface area contributed by atoms with Gasteiger partial charge in [0, 0.05) is 24.2 Å². The van der Waals surface area contributed by atoms with Crippen LogP contribution in [0.15, 0.2) is 42.7 Å². The minimum Gasteiger partial charge on any atom is -0.486 e. The lowest BCUT2D eigenvalue weighted by Gasteiger charge is -2.19. The van der Waals surface area contributed by atoms with Crippen LogP contribution in [0.2, 0.25) is 0 Å². The molecule has 0 atom stereocenters. The maximum absolute atomic E-state index is 14.4. The molecule has 0 saturated carbocycles. The molecule has 0 saturated heterocycles. The summed E-state index contributed by atoms with van der Waals surface area (Å²) >= 11 is 0. The third kappa shape index (κ3) is 5.58. The Kier molecular flexibility index (Phi) is 7.02. The van der Waals surface area contributed by atoms with Gasteiger partial charge in [0.05, 0.1) is 12.1 Å². The number of aliphatic carboxylic acids is 1. The van der Waals surface area contributed by atoms with Crippen LogP contribution in [0.3, 0.4) is 0 Å². The Morgan fingerprint density at radius 2 is 1.82 bits per heavy atom. The first-order valence-corrected chi connectivity index (χ1v) is 11.0. The van der Waals surface area contributed by atoms with E-state index >= 15 is 0 Å². The first-order valence-electron chi connectivity index (χ1n) is 11.0. The van der Waals surface area contributed by atoms with Crippen molar-refractivity contribution in [3.8, 4) is 22.8 Å². The summed E-state index contributed by atoms with van der Waals surface area (Å²) < 4.78 is 25.3. The standard InChI is InChI=1S/C25H26FN3O4/c1-2-3-16-10-19(5-4-17(16)12-25(30)31)21-14-24(29-15-28-21)27-7-6-18-11-22-23(13-20(18)26)33-9-8-32-22/h4-5,10-11,13-15H,2-3,6-9,12H2,1H3,(H,30,31)(H,27,28,29). The highest BCUT2D eigenvalue weighted by atomic mass is 19.1. The van der Waals surface area contributed by atoms with Crippen LogP contribution < -0.4 is 14.8 Å². The lowest BCUT2D eigenvalue weighted by molar-refractivity contribution is -0.136. The Hall–Kier alpha value is -3.68. The third-order valence-corrected chi connectivity index (χ3v) is 5.44. The van der Waals surface area contributed by atoms with Crippen molar-refractivity contribution in [2.45, 2.75) is 32.6 Å². The molecule has 0 fully saturated rings. The molecule has 2 heterocycles. The smallest absolute Gasteiger partial charge is 0.307 e. The molecule has 0 bridgehead atoms. The van der Waals surface area contributed by atoms with Crippen LogP contribution in [0.1, 0.15) is 30.0 Å². The van der Waals surface area contributed by atoms with Crippen molar-refractivity contribution in [1.29, 1.82) is 0 Å². The predicted molar refractivity (Wildman–Crippen MR) is 122 cm³/mol. The Morgan fingerprint density at radius 1 is 1.03 bits per heavy atom. The highest BCUT2D eigenvalue weighted by Crippen LogP contribution is 2.32. The summed E-state index contributed by atoms with van der Waals surface area (Å²) in [5.41, 5.74) is 4.01. The quantitative estimate of drug-likeness (QED) is 0.501. The molecule has 7 nitrogen and oxygen atoms in total. The fourth-order valence-electron chi connectivity index (χ4n) is 3.86. The van der Waals surface area contributed by atoms with Crippen LogP contribution in [0.5, 0.6) is 11.5 Å². The first-order chi connectivity index (χ1) is 16.0. The van der Waals surface area contributed by atoms with E-state index in [1.165, 1.54) is 12.4 Å². The Balaban J connectivity index is 1.45. The number of carboxylic acid groups (broad SMARTS) is 1. The molecule has 0 aliphatic carbocycles. The average Bonchev–Trinajstić information content (AvgIpc) is 2.80. The third-order valence-electron chi connectivity index (χ3n) is 5.44. The van der Waals surface area contributed by atoms with E-state index in [9.17, 15) is 9.18 Å². The van der Waals surface area contributed by atoms with Gasteiger partial charge in [-0.1, -0.05) is 25.5 Å². The van der Waals surface area contributed by atoms with E-state index in [1.807, 2.05) is 24.3 Å². The zero-order valence-corrected chi connectivity index (χ0v) is 18.4. The molecule has 0 unspecified atom stereocenters. The Bertz CT molecular complexity index is 1150. The van der Waals surface area contributed by atoms with E-state index in [1.54, 1.807) is 6.07 Å². The molecule has 1 aromatic heterocycles. The summed E-state index contributed by atoms with van der Waals surface area (Å²) in [4.78, 5) is 19.8. The normalized spacial score (nSPS) is 12.4. The molecule has 33 heavy (non-hydrogen) atoms. The van der Waals surface area contributed by atoms with Crippen molar-refractivity contribution in [2.24, 2.45) is 0 Å². The number of halogens is 1. The number of nitrogens with zero attached hydrogens (tertiary/aromatic N) is 2. The molecule has 1 aliphatic rings. The molecule has 8 heteroatoms. The number of ether oxygens (including phenoxy) is 2. The topological polar surface area (TPSA) is 93.6 Å². The Labute approximate surface area is 191 Å². The van der Waals surface area contributed by atoms with Crippen LogP contribution in [0, 0.1) is 5.82 Å². The van der Waals surface area contributed by atoms with Gasteiger partial charge in [-0.15, -0.1) is 0 Å².